The van der Waals surface area contributed by atoms with Crippen molar-refractivity contribution in [3.05, 3.63) is 194 Å². The highest BCUT2D eigenvalue weighted by atomic mass is 16.3. The summed E-state index contributed by atoms with van der Waals surface area (Å²) in [5, 5.41) is 13.7. The molecule has 0 aliphatic carbocycles. The maximum absolute atomic E-state index is 9.39. The van der Waals surface area contributed by atoms with E-state index in [1.807, 2.05) is 60.7 Å². The molecule has 0 amide bonds. The van der Waals surface area contributed by atoms with E-state index in [4.69, 9.17) is 14.4 Å². The lowest BCUT2D eigenvalue weighted by Crippen LogP contribution is -1.96. The average molecular weight is 702 g/mol. The molecule has 10 aromatic rings. The van der Waals surface area contributed by atoms with Crippen molar-refractivity contribution < 1.29 is 4.42 Å². The first-order valence-corrected chi connectivity index (χ1v) is 18.3. The molecule has 2 aromatic heterocycles. The quantitative estimate of drug-likeness (QED) is 0.173. The van der Waals surface area contributed by atoms with Gasteiger partial charge in [-0.05, 0) is 75.2 Å². The Kier molecular flexibility index (Phi) is 7.83. The van der Waals surface area contributed by atoms with Crippen LogP contribution in [0.15, 0.2) is 192 Å². The Hall–Kier alpha value is -7.61. The largest absolute Gasteiger partial charge is 0.455 e. The van der Waals surface area contributed by atoms with Crippen LogP contribution >= 0.6 is 0 Å². The van der Waals surface area contributed by atoms with Crippen LogP contribution in [0.3, 0.4) is 0 Å². The molecule has 0 fully saturated rings. The Labute approximate surface area is 318 Å². The van der Waals surface area contributed by atoms with Crippen molar-refractivity contribution in [3.8, 4) is 73.4 Å². The average Bonchev–Trinajstić information content (AvgIpc) is 3.66. The SMILES string of the molecule is N#Cc1ccc(-c2cccc3oc4c5ccccc5c(-c5ccc(-c6cc(-c7cccc(-c8ccccc8)c7)nc(-c7ccccc7)n6)cc5)cc4c23)cc1. The molecule has 2 heterocycles. The molecule has 0 radical (unpaired) electrons. The van der Waals surface area contributed by atoms with Crippen LogP contribution < -0.4 is 0 Å². The number of furan rings is 1. The van der Waals surface area contributed by atoms with Gasteiger partial charge in [0.25, 0.3) is 0 Å². The minimum Gasteiger partial charge on any atom is -0.455 e. The van der Waals surface area contributed by atoms with Crippen LogP contribution in [0.1, 0.15) is 5.56 Å². The Balaban J connectivity index is 1.10. The molecule has 0 aliphatic heterocycles. The monoisotopic (exact) mass is 701 g/mol. The minimum atomic E-state index is 0.636. The molecular weight excluding hydrogens is 671 g/mol. The van der Waals surface area contributed by atoms with Crippen molar-refractivity contribution in [1.82, 2.24) is 9.97 Å². The van der Waals surface area contributed by atoms with E-state index in [9.17, 15) is 5.26 Å². The van der Waals surface area contributed by atoms with E-state index in [1.54, 1.807) is 0 Å². The molecule has 4 nitrogen and oxygen atoms in total. The molecule has 8 aromatic carbocycles. The first-order chi connectivity index (χ1) is 27.2. The maximum Gasteiger partial charge on any atom is 0.160 e. The maximum atomic E-state index is 9.39. The molecule has 256 valence electrons. The number of nitrogens with zero attached hydrogens (tertiary/aromatic N) is 3. The highest BCUT2D eigenvalue weighted by Gasteiger charge is 2.18. The highest BCUT2D eigenvalue weighted by Crippen LogP contribution is 2.43. The summed E-state index contributed by atoms with van der Waals surface area (Å²) in [6.45, 7) is 0. The second-order valence-corrected chi connectivity index (χ2v) is 13.7. The van der Waals surface area contributed by atoms with Gasteiger partial charge >= 0.3 is 0 Å². The summed E-state index contributed by atoms with van der Waals surface area (Å²) in [5.41, 5.74) is 13.7. The van der Waals surface area contributed by atoms with Gasteiger partial charge in [-0.1, -0.05) is 152 Å². The number of nitriles is 1. The summed E-state index contributed by atoms with van der Waals surface area (Å²) in [5.74, 6) is 0.684. The van der Waals surface area contributed by atoms with Gasteiger partial charge in [0.05, 0.1) is 23.0 Å². The lowest BCUT2D eigenvalue weighted by atomic mass is 9.92. The van der Waals surface area contributed by atoms with Crippen molar-refractivity contribution >= 4 is 32.7 Å². The standard InChI is InChI=1S/C51H31N3O/c52-32-33-21-23-35(24-22-33)41-19-10-20-48-49(41)45-30-44(42-17-7-8-18-43(42)50(45)55-48)36-25-27-37(28-26-36)46-31-47(54-51(53-46)38-13-5-2-6-14-38)40-16-9-15-39(29-40)34-11-3-1-4-12-34/h1-31H. The van der Waals surface area contributed by atoms with E-state index in [2.05, 4.69) is 133 Å². The van der Waals surface area contributed by atoms with E-state index in [0.29, 0.717) is 11.4 Å². The van der Waals surface area contributed by atoms with Crippen molar-refractivity contribution in [1.29, 1.82) is 5.26 Å². The molecule has 0 N–H and O–H groups in total. The molecular formula is C51H31N3O. The number of rotatable bonds is 6. The Bertz CT molecular complexity index is 3070. The summed E-state index contributed by atoms with van der Waals surface area (Å²) in [6.07, 6.45) is 0. The van der Waals surface area contributed by atoms with Gasteiger partial charge in [0.2, 0.25) is 0 Å². The molecule has 0 bridgehead atoms. The fourth-order valence-electron chi connectivity index (χ4n) is 7.62. The van der Waals surface area contributed by atoms with Gasteiger partial charge in [0, 0.05) is 32.8 Å². The van der Waals surface area contributed by atoms with Crippen LogP contribution in [0.5, 0.6) is 0 Å². The normalized spacial score (nSPS) is 11.3. The van der Waals surface area contributed by atoms with Gasteiger partial charge in [-0.25, -0.2) is 9.97 Å². The summed E-state index contributed by atoms with van der Waals surface area (Å²) in [7, 11) is 0. The molecule has 0 saturated carbocycles. The topological polar surface area (TPSA) is 62.7 Å². The molecule has 0 aliphatic rings. The Morgan fingerprint density at radius 2 is 0.982 bits per heavy atom. The third kappa shape index (κ3) is 5.81. The molecule has 10 rings (SSSR count). The Morgan fingerprint density at radius 3 is 1.73 bits per heavy atom. The third-order valence-electron chi connectivity index (χ3n) is 10.3. The number of hydrogen-bond acceptors (Lipinski definition) is 4. The van der Waals surface area contributed by atoms with Crippen LogP contribution in [-0.2, 0) is 0 Å². The van der Waals surface area contributed by atoms with Gasteiger partial charge in [0.1, 0.15) is 11.2 Å². The first kappa shape index (κ1) is 32.1. The highest BCUT2D eigenvalue weighted by molar-refractivity contribution is 6.22. The number of hydrogen-bond donors (Lipinski definition) is 0. The number of benzene rings is 8. The summed E-state index contributed by atoms with van der Waals surface area (Å²) in [6, 6.07) is 66.8. The number of fused-ring (bicyclic) bond motifs is 5. The van der Waals surface area contributed by atoms with Gasteiger partial charge in [0.15, 0.2) is 5.82 Å². The fourth-order valence-corrected chi connectivity index (χ4v) is 7.62. The minimum absolute atomic E-state index is 0.636. The molecule has 0 saturated heterocycles. The summed E-state index contributed by atoms with van der Waals surface area (Å²) in [4.78, 5) is 10.2. The van der Waals surface area contributed by atoms with Crippen LogP contribution in [0.2, 0.25) is 0 Å². The molecule has 55 heavy (non-hydrogen) atoms. The second-order valence-electron chi connectivity index (χ2n) is 13.7. The molecule has 4 heteroatoms. The molecule has 0 atom stereocenters. The second kappa shape index (κ2) is 13.4. The fraction of sp³-hybridized carbons (Fsp3) is 0. The third-order valence-corrected chi connectivity index (χ3v) is 10.3. The van der Waals surface area contributed by atoms with E-state index in [1.165, 1.54) is 0 Å². The van der Waals surface area contributed by atoms with Crippen molar-refractivity contribution in [2.24, 2.45) is 0 Å². The zero-order valence-corrected chi connectivity index (χ0v) is 29.6. The van der Waals surface area contributed by atoms with E-state index in [0.717, 1.165) is 94.2 Å². The van der Waals surface area contributed by atoms with E-state index < -0.39 is 0 Å². The zero-order valence-electron chi connectivity index (χ0n) is 29.6. The predicted molar refractivity (Wildman–Crippen MR) is 224 cm³/mol. The Morgan fingerprint density at radius 1 is 0.400 bits per heavy atom. The van der Waals surface area contributed by atoms with Crippen molar-refractivity contribution in [3.63, 3.8) is 0 Å². The van der Waals surface area contributed by atoms with E-state index >= 15 is 0 Å². The number of aromatic nitrogens is 2. The van der Waals surface area contributed by atoms with Gasteiger partial charge in [-0.15, -0.1) is 0 Å². The van der Waals surface area contributed by atoms with Crippen LogP contribution in [-0.4, -0.2) is 9.97 Å². The van der Waals surface area contributed by atoms with Gasteiger partial charge < -0.3 is 4.42 Å². The first-order valence-electron chi connectivity index (χ1n) is 18.3. The molecule has 0 unspecified atom stereocenters. The van der Waals surface area contributed by atoms with Crippen LogP contribution in [0.25, 0.3) is 100.0 Å². The smallest absolute Gasteiger partial charge is 0.160 e. The van der Waals surface area contributed by atoms with Crippen molar-refractivity contribution in [2.75, 3.05) is 0 Å². The van der Waals surface area contributed by atoms with Gasteiger partial charge in [-0.2, -0.15) is 5.26 Å². The lowest BCUT2D eigenvalue weighted by molar-refractivity contribution is 0.673. The van der Waals surface area contributed by atoms with E-state index in [-0.39, 0.29) is 0 Å². The van der Waals surface area contributed by atoms with Crippen LogP contribution in [0.4, 0.5) is 0 Å². The molecule has 0 spiro atoms. The zero-order chi connectivity index (χ0) is 36.7. The lowest BCUT2D eigenvalue weighted by Gasteiger charge is -2.12. The van der Waals surface area contributed by atoms with Crippen LogP contribution in [0, 0.1) is 11.3 Å². The summed E-state index contributed by atoms with van der Waals surface area (Å²) < 4.78 is 6.60. The van der Waals surface area contributed by atoms with Gasteiger partial charge in [-0.3, -0.25) is 0 Å². The van der Waals surface area contributed by atoms with Crippen molar-refractivity contribution in [2.45, 2.75) is 0 Å². The predicted octanol–water partition coefficient (Wildman–Crippen LogP) is 13.4. The summed E-state index contributed by atoms with van der Waals surface area (Å²) >= 11 is 0.